The molecule has 0 aromatic heterocycles. The molecule has 0 radical (unpaired) electrons. The maximum absolute atomic E-state index is 14.6. The van der Waals surface area contributed by atoms with Crippen LogP contribution in [0.5, 0.6) is 0 Å². The number of ether oxygens (including phenoxy) is 1. The summed E-state index contributed by atoms with van der Waals surface area (Å²) in [6.45, 7) is 8.85. The molecule has 0 saturated carbocycles. The first-order valence-corrected chi connectivity index (χ1v) is 9.40. The smallest absolute Gasteiger partial charge is 0.150 e. The summed E-state index contributed by atoms with van der Waals surface area (Å²) in [5.41, 5.74) is 3.94. The van der Waals surface area contributed by atoms with E-state index < -0.39 is 0 Å². The fourth-order valence-electron chi connectivity index (χ4n) is 3.67. The molecule has 0 bridgehead atoms. The predicted octanol–water partition coefficient (Wildman–Crippen LogP) is 4.17. The molecule has 1 N–H and O–H groups in total. The van der Waals surface area contributed by atoms with Gasteiger partial charge in [-0.3, -0.25) is 9.69 Å². The zero-order chi connectivity index (χ0) is 19.4. The van der Waals surface area contributed by atoms with Gasteiger partial charge in [-0.2, -0.15) is 0 Å². The van der Waals surface area contributed by atoms with E-state index in [1.165, 1.54) is 0 Å². The fourth-order valence-corrected chi connectivity index (χ4v) is 3.67. The van der Waals surface area contributed by atoms with E-state index >= 15 is 0 Å². The van der Waals surface area contributed by atoms with E-state index in [-0.39, 0.29) is 18.0 Å². The van der Waals surface area contributed by atoms with Crippen molar-refractivity contribution in [1.29, 1.82) is 0 Å². The molecule has 0 aliphatic carbocycles. The molecule has 4 nitrogen and oxygen atoms in total. The lowest BCUT2D eigenvalue weighted by Gasteiger charge is -2.35. The third-order valence-corrected chi connectivity index (χ3v) is 4.99. The molecule has 1 aliphatic rings. The standard InChI is InChI=1S/C22H27FN2O2/c1-15-11-25(12-16(2)27-15)13-18-7-8-19(21(23)9-18)10-24-22-6-4-5-20(14-26)17(22)3/h4-9,14-16,24H,10-13H2,1-3H3. The summed E-state index contributed by atoms with van der Waals surface area (Å²) >= 11 is 0. The van der Waals surface area contributed by atoms with Gasteiger partial charge in [0.25, 0.3) is 0 Å². The van der Waals surface area contributed by atoms with Crippen molar-refractivity contribution in [3.05, 3.63) is 64.5 Å². The Morgan fingerprint density at radius 3 is 2.63 bits per heavy atom. The molecular weight excluding hydrogens is 343 g/mol. The number of halogens is 1. The molecule has 2 aromatic rings. The van der Waals surface area contributed by atoms with Crippen molar-refractivity contribution in [1.82, 2.24) is 4.90 Å². The minimum absolute atomic E-state index is 0.201. The van der Waals surface area contributed by atoms with Crippen LogP contribution in [-0.4, -0.2) is 36.5 Å². The number of anilines is 1. The second-order valence-corrected chi connectivity index (χ2v) is 7.37. The molecule has 3 rings (SSSR count). The van der Waals surface area contributed by atoms with E-state index in [1.807, 2.05) is 31.2 Å². The number of aldehydes is 1. The van der Waals surface area contributed by atoms with Gasteiger partial charge in [-0.05, 0) is 44.0 Å². The normalized spacial score (nSPS) is 20.4. The summed E-state index contributed by atoms with van der Waals surface area (Å²) in [6, 6.07) is 10.9. The van der Waals surface area contributed by atoms with E-state index in [1.54, 1.807) is 12.1 Å². The van der Waals surface area contributed by atoms with Gasteiger partial charge in [-0.25, -0.2) is 4.39 Å². The highest BCUT2D eigenvalue weighted by atomic mass is 19.1. The molecule has 144 valence electrons. The van der Waals surface area contributed by atoms with Crippen molar-refractivity contribution in [3.8, 4) is 0 Å². The van der Waals surface area contributed by atoms with E-state index in [2.05, 4.69) is 24.1 Å². The van der Waals surface area contributed by atoms with Crippen LogP contribution < -0.4 is 5.32 Å². The van der Waals surface area contributed by atoms with E-state index in [0.29, 0.717) is 17.7 Å². The zero-order valence-electron chi connectivity index (χ0n) is 16.2. The van der Waals surface area contributed by atoms with Crippen LogP contribution >= 0.6 is 0 Å². The molecule has 2 aromatic carbocycles. The van der Waals surface area contributed by atoms with Crippen LogP contribution in [0.2, 0.25) is 0 Å². The first-order valence-electron chi connectivity index (χ1n) is 9.40. The minimum atomic E-state index is -0.210. The Kier molecular flexibility index (Phi) is 6.24. The van der Waals surface area contributed by atoms with Crippen molar-refractivity contribution < 1.29 is 13.9 Å². The summed E-state index contributed by atoms with van der Waals surface area (Å²) in [4.78, 5) is 13.4. The highest BCUT2D eigenvalue weighted by Crippen LogP contribution is 2.20. The number of rotatable bonds is 6. The lowest BCUT2D eigenvalue weighted by atomic mass is 10.1. The number of carbonyl (C=O) groups excluding carboxylic acids is 1. The van der Waals surface area contributed by atoms with Gasteiger partial charge in [0.05, 0.1) is 12.2 Å². The SMILES string of the molecule is Cc1c(C=O)cccc1NCc1ccc(CN2CC(C)OC(C)C2)cc1F. The Morgan fingerprint density at radius 2 is 1.96 bits per heavy atom. The van der Waals surface area contributed by atoms with Gasteiger partial charge in [-0.15, -0.1) is 0 Å². The highest BCUT2D eigenvalue weighted by Gasteiger charge is 2.22. The van der Waals surface area contributed by atoms with E-state index in [4.69, 9.17) is 4.74 Å². The molecule has 1 saturated heterocycles. The molecular formula is C22H27FN2O2. The number of nitrogens with zero attached hydrogens (tertiary/aromatic N) is 1. The van der Waals surface area contributed by atoms with Crippen LogP contribution in [0.4, 0.5) is 10.1 Å². The van der Waals surface area contributed by atoms with Crippen molar-refractivity contribution in [2.75, 3.05) is 18.4 Å². The fraction of sp³-hybridized carbons (Fsp3) is 0.409. The number of hydrogen-bond acceptors (Lipinski definition) is 4. The molecule has 2 unspecified atom stereocenters. The second kappa shape index (κ2) is 8.63. The van der Waals surface area contributed by atoms with Crippen LogP contribution in [-0.2, 0) is 17.8 Å². The summed E-state index contributed by atoms with van der Waals surface area (Å²) in [5.74, 6) is -0.210. The third-order valence-electron chi connectivity index (χ3n) is 4.99. The lowest BCUT2D eigenvalue weighted by molar-refractivity contribution is -0.0705. The molecule has 1 heterocycles. The quantitative estimate of drug-likeness (QED) is 0.775. The van der Waals surface area contributed by atoms with Gasteiger partial charge in [-0.1, -0.05) is 24.3 Å². The van der Waals surface area contributed by atoms with Crippen molar-refractivity contribution >= 4 is 12.0 Å². The van der Waals surface area contributed by atoms with Crippen LogP contribution in [0.3, 0.4) is 0 Å². The van der Waals surface area contributed by atoms with Gasteiger partial charge in [0.1, 0.15) is 12.1 Å². The second-order valence-electron chi connectivity index (χ2n) is 7.37. The summed E-state index contributed by atoms with van der Waals surface area (Å²) < 4.78 is 20.3. The van der Waals surface area contributed by atoms with Gasteiger partial charge < -0.3 is 10.1 Å². The molecule has 0 spiro atoms. The van der Waals surface area contributed by atoms with Crippen molar-refractivity contribution in [2.45, 2.75) is 46.1 Å². The zero-order valence-corrected chi connectivity index (χ0v) is 16.2. The molecule has 5 heteroatoms. The van der Waals surface area contributed by atoms with Gasteiger partial charge in [0.15, 0.2) is 0 Å². The average molecular weight is 370 g/mol. The van der Waals surface area contributed by atoms with E-state index in [0.717, 1.165) is 42.7 Å². The van der Waals surface area contributed by atoms with Crippen LogP contribution in [0.25, 0.3) is 0 Å². The Balaban J connectivity index is 1.64. The average Bonchev–Trinajstić information content (AvgIpc) is 2.61. The Hall–Kier alpha value is -2.24. The summed E-state index contributed by atoms with van der Waals surface area (Å²) in [6.07, 6.45) is 1.24. The lowest BCUT2D eigenvalue weighted by Crippen LogP contribution is -2.44. The molecule has 27 heavy (non-hydrogen) atoms. The van der Waals surface area contributed by atoms with Gasteiger partial charge in [0, 0.05) is 43.0 Å². The highest BCUT2D eigenvalue weighted by molar-refractivity contribution is 5.80. The number of benzene rings is 2. The number of carbonyl (C=O) groups is 1. The van der Waals surface area contributed by atoms with Crippen LogP contribution in [0.1, 0.15) is 40.9 Å². The maximum Gasteiger partial charge on any atom is 0.150 e. The molecule has 1 fully saturated rings. The Morgan fingerprint density at radius 1 is 1.22 bits per heavy atom. The molecule has 1 aliphatic heterocycles. The van der Waals surface area contributed by atoms with Crippen LogP contribution in [0, 0.1) is 12.7 Å². The van der Waals surface area contributed by atoms with Crippen LogP contribution in [0.15, 0.2) is 36.4 Å². The maximum atomic E-state index is 14.6. The molecule has 2 atom stereocenters. The number of nitrogens with one attached hydrogen (secondary N) is 1. The minimum Gasteiger partial charge on any atom is -0.381 e. The van der Waals surface area contributed by atoms with E-state index in [9.17, 15) is 9.18 Å². The van der Waals surface area contributed by atoms with Crippen molar-refractivity contribution in [2.24, 2.45) is 0 Å². The monoisotopic (exact) mass is 370 g/mol. The van der Waals surface area contributed by atoms with Gasteiger partial charge >= 0.3 is 0 Å². The molecule has 0 amide bonds. The largest absolute Gasteiger partial charge is 0.381 e. The summed E-state index contributed by atoms with van der Waals surface area (Å²) in [5, 5.41) is 3.23. The topological polar surface area (TPSA) is 41.6 Å². The Bertz CT molecular complexity index is 799. The third kappa shape index (κ3) is 4.93. The van der Waals surface area contributed by atoms with Crippen molar-refractivity contribution in [3.63, 3.8) is 0 Å². The first kappa shape index (κ1) is 19.5. The Labute approximate surface area is 160 Å². The first-order chi connectivity index (χ1) is 13.0. The van der Waals surface area contributed by atoms with Gasteiger partial charge in [0.2, 0.25) is 0 Å². The summed E-state index contributed by atoms with van der Waals surface area (Å²) in [7, 11) is 0. The number of morpholine rings is 1. The number of hydrogen-bond donors (Lipinski definition) is 1. The predicted molar refractivity (Wildman–Crippen MR) is 106 cm³/mol.